The Morgan fingerprint density at radius 3 is 2.15 bits per heavy atom. The van der Waals surface area contributed by atoms with E-state index in [2.05, 4.69) is 5.32 Å². The molecular weight excluding hydrogens is 454 g/mol. The van der Waals surface area contributed by atoms with E-state index in [4.69, 9.17) is 0 Å². The van der Waals surface area contributed by atoms with Gasteiger partial charge in [-0.2, -0.15) is 0 Å². The normalized spacial score (nSPS) is 12.2. The smallest absolute Gasteiger partial charge is 0.244 e. The number of hydrogen-bond acceptors (Lipinski definition) is 5. The van der Waals surface area contributed by atoms with E-state index in [1.807, 2.05) is 45.0 Å². The van der Waals surface area contributed by atoms with Gasteiger partial charge in [0, 0.05) is 18.2 Å². The fourth-order valence-corrected chi connectivity index (χ4v) is 4.21. The standard InChI is InChI=1S/C25H33N3O5S/c1-17(2)26-25(31)19(4)27(15-21-12-10-18(3)11-13-21)24(30)16-28(34(6,32)33)23-9-7-8-22(14-23)20(5)29/h7-14,17,19H,15-16H2,1-6H3,(H,26,31)/t19-/m0/s1. The van der Waals surface area contributed by atoms with Crippen LogP contribution in [0.5, 0.6) is 0 Å². The summed E-state index contributed by atoms with van der Waals surface area (Å²) in [6.45, 7) is 8.22. The molecule has 0 saturated heterocycles. The molecule has 2 aromatic rings. The van der Waals surface area contributed by atoms with Crippen molar-refractivity contribution < 1.29 is 22.8 Å². The van der Waals surface area contributed by atoms with E-state index in [-0.39, 0.29) is 30.0 Å². The average molecular weight is 488 g/mol. The Hall–Kier alpha value is -3.20. The summed E-state index contributed by atoms with van der Waals surface area (Å²) in [5.41, 5.74) is 2.41. The first kappa shape index (κ1) is 27.0. The van der Waals surface area contributed by atoms with Crippen molar-refractivity contribution in [3.05, 3.63) is 65.2 Å². The van der Waals surface area contributed by atoms with Crippen molar-refractivity contribution >= 4 is 33.3 Å². The number of carbonyl (C=O) groups is 3. The van der Waals surface area contributed by atoms with Crippen molar-refractivity contribution in [1.29, 1.82) is 0 Å². The molecule has 2 rings (SSSR count). The molecule has 2 amide bonds. The highest BCUT2D eigenvalue weighted by molar-refractivity contribution is 7.92. The van der Waals surface area contributed by atoms with Crippen molar-refractivity contribution in [2.75, 3.05) is 17.1 Å². The third-order valence-electron chi connectivity index (χ3n) is 5.29. The predicted octanol–water partition coefficient (Wildman–Crippen LogP) is 2.91. The Morgan fingerprint density at radius 1 is 1.00 bits per heavy atom. The molecule has 0 aliphatic rings. The maximum atomic E-state index is 13.5. The number of Topliss-reactive ketones (excluding diaryl/α,β-unsaturated/α-hetero) is 1. The van der Waals surface area contributed by atoms with Gasteiger partial charge in [-0.1, -0.05) is 42.0 Å². The zero-order valence-electron chi connectivity index (χ0n) is 20.5. The van der Waals surface area contributed by atoms with Gasteiger partial charge in [-0.3, -0.25) is 18.7 Å². The SMILES string of the molecule is CC(=O)c1cccc(N(CC(=O)N(Cc2ccc(C)cc2)[C@@H](C)C(=O)NC(C)C)S(C)(=O)=O)c1. The van der Waals surface area contributed by atoms with Gasteiger partial charge in [0.2, 0.25) is 21.8 Å². The van der Waals surface area contributed by atoms with Gasteiger partial charge in [0.1, 0.15) is 12.6 Å². The highest BCUT2D eigenvalue weighted by Crippen LogP contribution is 2.21. The van der Waals surface area contributed by atoms with E-state index in [1.54, 1.807) is 19.1 Å². The second-order valence-corrected chi connectivity index (χ2v) is 10.6. The van der Waals surface area contributed by atoms with E-state index < -0.39 is 28.5 Å². The summed E-state index contributed by atoms with van der Waals surface area (Å²) < 4.78 is 26.2. The molecule has 184 valence electrons. The minimum absolute atomic E-state index is 0.117. The third kappa shape index (κ3) is 7.41. The second kappa shape index (κ2) is 11.3. The Bertz CT molecular complexity index is 1140. The molecule has 2 aromatic carbocycles. The number of nitrogens with zero attached hydrogens (tertiary/aromatic N) is 2. The number of rotatable bonds is 10. The van der Waals surface area contributed by atoms with Crippen LogP contribution in [-0.2, 0) is 26.2 Å². The van der Waals surface area contributed by atoms with Crippen LogP contribution in [0.2, 0.25) is 0 Å². The van der Waals surface area contributed by atoms with Crippen molar-refractivity contribution in [1.82, 2.24) is 10.2 Å². The molecule has 0 aliphatic carbocycles. The summed E-state index contributed by atoms with van der Waals surface area (Å²) in [4.78, 5) is 39.4. The Labute approximate surface area is 202 Å². The zero-order chi connectivity index (χ0) is 25.6. The Morgan fingerprint density at radius 2 is 1.62 bits per heavy atom. The molecule has 9 heteroatoms. The summed E-state index contributed by atoms with van der Waals surface area (Å²) >= 11 is 0. The van der Waals surface area contributed by atoms with Crippen LogP contribution in [0.25, 0.3) is 0 Å². The molecule has 0 radical (unpaired) electrons. The maximum absolute atomic E-state index is 13.5. The first-order valence-electron chi connectivity index (χ1n) is 11.0. The van der Waals surface area contributed by atoms with Crippen LogP contribution in [0.1, 0.15) is 49.2 Å². The third-order valence-corrected chi connectivity index (χ3v) is 6.43. The fraction of sp³-hybridized carbons (Fsp3) is 0.400. The quantitative estimate of drug-likeness (QED) is 0.519. The molecule has 1 atom stereocenters. The van der Waals surface area contributed by atoms with E-state index in [9.17, 15) is 22.8 Å². The largest absolute Gasteiger partial charge is 0.352 e. The van der Waals surface area contributed by atoms with Gasteiger partial charge in [0.15, 0.2) is 5.78 Å². The summed E-state index contributed by atoms with van der Waals surface area (Å²) in [6, 6.07) is 12.7. The van der Waals surface area contributed by atoms with Crippen LogP contribution in [0, 0.1) is 6.92 Å². The lowest BCUT2D eigenvalue weighted by atomic mass is 10.1. The minimum atomic E-state index is -3.86. The lowest BCUT2D eigenvalue weighted by molar-refractivity contribution is -0.139. The molecule has 0 heterocycles. The molecule has 0 spiro atoms. The average Bonchev–Trinajstić information content (AvgIpc) is 2.75. The Kier molecular flexibility index (Phi) is 8.98. The van der Waals surface area contributed by atoms with Gasteiger partial charge in [0.25, 0.3) is 0 Å². The highest BCUT2D eigenvalue weighted by Gasteiger charge is 2.30. The highest BCUT2D eigenvalue weighted by atomic mass is 32.2. The molecule has 0 aliphatic heterocycles. The minimum Gasteiger partial charge on any atom is -0.352 e. The molecule has 0 fully saturated rings. The number of ketones is 1. The van der Waals surface area contributed by atoms with Crippen LogP contribution in [0.4, 0.5) is 5.69 Å². The molecule has 8 nitrogen and oxygen atoms in total. The molecule has 0 saturated carbocycles. The number of hydrogen-bond donors (Lipinski definition) is 1. The van der Waals surface area contributed by atoms with Gasteiger partial charge in [-0.05, 0) is 52.3 Å². The maximum Gasteiger partial charge on any atom is 0.244 e. The van der Waals surface area contributed by atoms with Gasteiger partial charge in [-0.25, -0.2) is 8.42 Å². The topological polar surface area (TPSA) is 104 Å². The van der Waals surface area contributed by atoms with Gasteiger partial charge in [-0.15, -0.1) is 0 Å². The van der Waals surface area contributed by atoms with E-state index in [0.29, 0.717) is 5.56 Å². The number of nitrogens with one attached hydrogen (secondary N) is 1. The fourth-order valence-electron chi connectivity index (χ4n) is 3.37. The summed E-state index contributed by atoms with van der Waals surface area (Å²) in [7, 11) is -3.86. The molecule has 0 unspecified atom stereocenters. The summed E-state index contributed by atoms with van der Waals surface area (Å²) in [5.74, 6) is -1.09. The van der Waals surface area contributed by atoms with Crippen molar-refractivity contribution in [3.63, 3.8) is 0 Å². The summed E-state index contributed by atoms with van der Waals surface area (Å²) in [6.07, 6.45) is 1.000. The van der Waals surface area contributed by atoms with E-state index in [0.717, 1.165) is 21.7 Å². The zero-order valence-corrected chi connectivity index (χ0v) is 21.3. The predicted molar refractivity (Wildman–Crippen MR) is 133 cm³/mol. The molecular formula is C25H33N3O5S. The van der Waals surface area contributed by atoms with E-state index >= 15 is 0 Å². The second-order valence-electron chi connectivity index (χ2n) is 8.72. The lowest BCUT2D eigenvalue weighted by Crippen LogP contribution is -2.52. The number of aryl methyl sites for hydroxylation is 1. The number of amides is 2. The van der Waals surface area contributed by atoms with E-state index in [1.165, 1.54) is 24.0 Å². The number of carbonyl (C=O) groups excluding carboxylic acids is 3. The molecule has 34 heavy (non-hydrogen) atoms. The molecule has 0 bridgehead atoms. The van der Waals surface area contributed by atoms with Crippen LogP contribution in [0.15, 0.2) is 48.5 Å². The van der Waals surface area contributed by atoms with Crippen LogP contribution in [-0.4, -0.2) is 55.8 Å². The van der Waals surface area contributed by atoms with Gasteiger partial charge in [0.05, 0.1) is 11.9 Å². The molecule has 0 aromatic heterocycles. The van der Waals surface area contributed by atoms with Crippen LogP contribution >= 0.6 is 0 Å². The Balaban J connectivity index is 2.42. The van der Waals surface area contributed by atoms with Gasteiger partial charge >= 0.3 is 0 Å². The van der Waals surface area contributed by atoms with Crippen molar-refractivity contribution in [2.24, 2.45) is 0 Å². The lowest BCUT2D eigenvalue weighted by Gasteiger charge is -2.32. The van der Waals surface area contributed by atoms with Crippen molar-refractivity contribution in [2.45, 2.75) is 53.2 Å². The van der Waals surface area contributed by atoms with Gasteiger partial charge < -0.3 is 10.2 Å². The van der Waals surface area contributed by atoms with Crippen molar-refractivity contribution in [3.8, 4) is 0 Å². The monoisotopic (exact) mass is 487 g/mol. The first-order valence-corrected chi connectivity index (χ1v) is 12.9. The summed E-state index contributed by atoms with van der Waals surface area (Å²) in [5, 5.41) is 2.81. The van der Waals surface area contributed by atoms with Crippen LogP contribution in [0.3, 0.4) is 0 Å². The molecule has 1 N–H and O–H groups in total. The number of anilines is 1. The number of sulfonamides is 1. The number of benzene rings is 2. The van der Waals surface area contributed by atoms with Crippen LogP contribution < -0.4 is 9.62 Å². The first-order chi connectivity index (χ1) is 15.8.